The lowest BCUT2D eigenvalue weighted by atomic mass is 9.79. The molecule has 1 aromatic rings. The van der Waals surface area contributed by atoms with Gasteiger partial charge in [-0.2, -0.15) is 0 Å². The molecule has 1 aliphatic rings. The lowest BCUT2D eigenvalue weighted by Crippen LogP contribution is -2.12. The lowest BCUT2D eigenvalue weighted by Gasteiger charge is -2.26. The largest absolute Gasteiger partial charge is 0.365 e. The summed E-state index contributed by atoms with van der Waals surface area (Å²) in [4.78, 5) is 3.22. The summed E-state index contributed by atoms with van der Waals surface area (Å²) < 4.78 is 4.74. The summed E-state index contributed by atoms with van der Waals surface area (Å²) in [5.74, 6) is 0.483. The molecule has 12 heavy (non-hydrogen) atoms. The molecule has 1 fully saturated rings. The van der Waals surface area contributed by atoms with Crippen molar-refractivity contribution >= 4 is 0 Å². The zero-order valence-corrected chi connectivity index (χ0v) is 6.53. The summed E-state index contributed by atoms with van der Waals surface area (Å²) in [6.07, 6.45) is 5.13. The van der Waals surface area contributed by atoms with Gasteiger partial charge in [0.2, 0.25) is 0 Å². The van der Waals surface area contributed by atoms with E-state index in [1.807, 2.05) is 6.07 Å². The highest BCUT2D eigenvalue weighted by molar-refractivity contribution is 5.25. The van der Waals surface area contributed by atoms with Crippen molar-refractivity contribution < 1.29 is 4.52 Å². The van der Waals surface area contributed by atoms with Crippen molar-refractivity contribution in [3.05, 3.63) is 41.2 Å². The molecular formula is C9H8N2O. The topological polar surface area (TPSA) is 30.4 Å². The maximum Gasteiger partial charge on any atom is 0.153 e. The molecule has 1 aromatic heterocycles. The second-order valence-corrected chi connectivity index (χ2v) is 2.95. The van der Waals surface area contributed by atoms with Crippen LogP contribution in [0.2, 0.25) is 0 Å². The molecule has 3 heteroatoms. The van der Waals surface area contributed by atoms with E-state index < -0.39 is 0 Å². The average molecular weight is 160 g/mol. The van der Waals surface area contributed by atoms with E-state index in [9.17, 15) is 0 Å². The molecule has 3 nitrogen and oxygen atoms in total. The average Bonchev–Trinajstić information content (AvgIpc) is 2.47. The Morgan fingerprint density at radius 1 is 1.67 bits per heavy atom. The summed E-state index contributed by atoms with van der Waals surface area (Å²) >= 11 is 0. The first-order valence-electron chi connectivity index (χ1n) is 3.85. The second-order valence-electron chi connectivity index (χ2n) is 2.95. The summed E-state index contributed by atoms with van der Waals surface area (Å²) in [5.41, 5.74) is 2.23. The fourth-order valence-electron chi connectivity index (χ4n) is 1.41. The van der Waals surface area contributed by atoms with Crippen molar-refractivity contribution in [1.82, 2.24) is 5.16 Å². The quantitative estimate of drug-likeness (QED) is 0.590. The van der Waals surface area contributed by atoms with Crippen molar-refractivity contribution in [3.63, 3.8) is 0 Å². The Balaban J connectivity index is 1.99. The molecule has 1 aliphatic carbocycles. The Morgan fingerprint density at radius 3 is 3.08 bits per heavy atom. The third kappa shape index (κ3) is 1.12. The number of allylic oxidation sites excluding steroid dienone is 1. The van der Waals surface area contributed by atoms with Crippen molar-refractivity contribution in [2.45, 2.75) is 18.8 Å². The van der Waals surface area contributed by atoms with E-state index in [4.69, 9.17) is 11.1 Å². The number of aromatic nitrogens is 1. The molecule has 0 amide bonds. The lowest BCUT2D eigenvalue weighted by molar-refractivity contribution is 0.394. The van der Waals surface area contributed by atoms with E-state index in [-0.39, 0.29) is 0 Å². The van der Waals surface area contributed by atoms with Gasteiger partial charge in [-0.05, 0) is 12.8 Å². The van der Waals surface area contributed by atoms with Gasteiger partial charge in [-0.15, -0.1) is 0 Å². The standard InChI is InChI=1S/C9H8N2O/c1-10-6-7-4-8(5-7)9-2-3-12-11-9/h2-3,6,8H,4-5H2. The predicted octanol–water partition coefficient (Wildman–Crippen LogP) is 2.36. The van der Waals surface area contributed by atoms with Gasteiger partial charge in [-0.3, -0.25) is 0 Å². The zero-order chi connectivity index (χ0) is 8.39. The van der Waals surface area contributed by atoms with Crippen LogP contribution >= 0.6 is 0 Å². The minimum atomic E-state index is 0.483. The minimum Gasteiger partial charge on any atom is -0.365 e. The number of nitrogens with zero attached hydrogens (tertiary/aromatic N) is 2. The van der Waals surface area contributed by atoms with E-state index in [0.29, 0.717) is 5.92 Å². The molecule has 0 unspecified atom stereocenters. The molecule has 0 spiro atoms. The third-order valence-electron chi connectivity index (χ3n) is 2.14. The number of hydrogen-bond donors (Lipinski definition) is 0. The van der Waals surface area contributed by atoms with Gasteiger partial charge in [-0.1, -0.05) is 10.7 Å². The maximum atomic E-state index is 6.63. The zero-order valence-electron chi connectivity index (χ0n) is 6.53. The van der Waals surface area contributed by atoms with Crippen molar-refractivity contribution in [1.29, 1.82) is 0 Å². The van der Waals surface area contributed by atoms with Crippen LogP contribution < -0.4 is 0 Å². The molecule has 1 heterocycles. The van der Waals surface area contributed by atoms with Gasteiger partial charge >= 0.3 is 0 Å². The summed E-state index contributed by atoms with van der Waals surface area (Å²) in [5, 5.41) is 3.85. The fraction of sp³-hybridized carbons (Fsp3) is 0.333. The minimum absolute atomic E-state index is 0.483. The Morgan fingerprint density at radius 2 is 2.50 bits per heavy atom. The van der Waals surface area contributed by atoms with E-state index in [1.54, 1.807) is 12.5 Å². The van der Waals surface area contributed by atoms with Crippen LogP contribution in [-0.2, 0) is 0 Å². The highest BCUT2D eigenvalue weighted by Crippen LogP contribution is 2.40. The molecule has 2 rings (SSSR count). The van der Waals surface area contributed by atoms with E-state index >= 15 is 0 Å². The van der Waals surface area contributed by atoms with Crippen molar-refractivity contribution in [2.75, 3.05) is 0 Å². The van der Waals surface area contributed by atoms with Crippen LogP contribution in [0.25, 0.3) is 4.85 Å². The Hall–Kier alpha value is -1.56. The smallest absolute Gasteiger partial charge is 0.153 e. The third-order valence-corrected chi connectivity index (χ3v) is 2.14. The van der Waals surface area contributed by atoms with Gasteiger partial charge in [0.25, 0.3) is 0 Å². The molecular weight excluding hydrogens is 152 g/mol. The first kappa shape index (κ1) is 7.11. The van der Waals surface area contributed by atoms with Crippen LogP contribution in [-0.4, -0.2) is 5.16 Å². The first-order valence-corrected chi connectivity index (χ1v) is 3.85. The molecule has 0 atom stereocenters. The fourth-order valence-corrected chi connectivity index (χ4v) is 1.41. The Labute approximate surface area is 70.5 Å². The van der Waals surface area contributed by atoms with Gasteiger partial charge in [0, 0.05) is 12.0 Å². The van der Waals surface area contributed by atoms with E-state index in [2.05, 4.69) is 10.0 Å². The van der Waals surface area contributed by atoms with Gasteiger partial charge in [0.1, 0.15) is 6.26 Å². The molecule has 0 aliphatic heterocycles. The number of rotatable bonds is 1. The van der Waals surface area contributed by atoms with Crippen LogP contribution in [0.15, 0.2) is 28.6 Å². The Bertz CT molecular complexity index is 324. The van der Waals surface area contributed by atoms with Crippen LogP contribution in [0.3, 0.4) is 0 Å². The Kier molecular flexibility index (Phi) is 1.67. The highest BCUT2D eigenvalue weighted by atomic mass is 16.5. The molecule has 60 valence electrons. The monoisotopic (exact) mass is 160 g/mol. The highest BCUT2D eigenvalue weighted by Gasteiger charge is 2.25. The number of hydrogen-bond acceptors (Lipinski definition) is 2. The molecule has 0 N–H and O–H groups in total. The summed E-state index contributed by atoms with van der Waals surface area (Å²) in [6.45, 7) is 6.63. The molecule has 0 radical (unpaired) electrons. The SMILES string of the molecule is [C-]#[N+]C=C1CC(c2ccon2)C1. The van der Waals surface area contributed by atoms with Crippen LogP contribution in [0.4, 0.5) is 0 Å². The van der Waals surface area contributed by atoms with Gasteiger partial charge in [0.15, 0.2) is 6.20 Å². The van der Waals surface area contributed by atoms with Crippen LogP contribution in [0.1, 0.15) is 24.5 Å². The van der Waals surface area contributed by atoms with Crippen molar-refractivity contribution in [3.8, 4) is 0 Å². The molecule has 0 aromatic carbocycles. The summed E-state index contributed by atoms with van der Waals surface area (Å²) in [6, 6.07) is 1.89. The van der Waals surface area contributed by atoms with E-state index in [1.165, 1.54) is 5.57 Å². The second kappa shape index (κ2) is 2.82. The van der Waals surface area contributed by atoms with Crippen molar-refractivity contribution in [2.24, 2.45) is 0 Å². The summed E-state index contributed by atoms with van der Waals surface area (Å²) in [7, 11) is 0. The van der Waals surface area contributed by atoms with Crippen LogP contribution in [0, 0.1) is 6.57 Å². The van der Waals surface area contributed by atoms with Crippen LogP contribution in [0.5, 0.6) is 0 Å². The van der Waals surface area contributed by atoms with Gasteiger partial charge in [0.05, 0.1) is 12.3 Å². The van der Waals surface area contributed by atoms with Gasteiger partial charge in [-0.25, -0.2) is 4.85 Å². The van der Waals surface area contributed by atoms with Gasteiger partial charge < -0.3 is 4.52 Å². The normalized spacial score (nSPS) is 21.2. The molecule has 1 saturated carbocycles. The van der Waals surface area contributed by atoms with E-state index in [0.717, 1.165) is 18.5 Å². The maximum absolute atomic E-state index is 6.63. The molecule has 0 saturated heterocycles. The molecule has 0 bridgehead atoms. The predicted molar refractivity (Wildman–Crippen MR) is 43.2 cm³/mol. The first-order chi connectivity index (χ1) is 5.90.